The Morgan fingerprint density at radius 1 is 1.12 bits per heavy atom. The Morgan fingerprint density at radius 2 is 2.00 bits per heavy atom. The highest BCUT2D eigenvalue weighted by atomic mass is 35.5. The maximum atomic E-state index is 13.1. The van der Waals surface area contributed by atoms with Gasteiger partial charge < -0.3 is 19.2 Å². The second-order valence-corrected chi connectivity index (χ2v) is 9.45. The molecule has 1 amide bonds. The summed E-state index contributed by atoms with van der Waals surface area (Å²) < 4.78 is 5.99. The van der Waals surface area contributed by atoms with Gasteiger partial charge in [-0.15, -0.1) is 0 Å². The number of fused-ring (bicyclic) bond motifs is 2. The number of anilines is 1. The molecule has 2 saturated heterocycles. The van der Waals surface area contributed by atoms with E-state index in [1.54, 1.807) is 0 Å². The first-order chi connectivity index (χ1) is 15.6. The van der Waals surface area contributed by atoms with E-state index in [1.807, 2.05) is 24.4 Å². The number of carbonyl (C=O) groups excluding carboxylic acids is 1. The number of benzene rings is 2. The van der Waals surface area contributed by atoms with Crippen molar-refractivity contribution in [2.24, 2.45) is 0 Å². The first-order valence-electron chi connectivity index (χ1n) is 11.3. The fraction of sp³-hybridized carbons (Fsp3) is 0.360. The minimum absolute atomic E-state index is 0.0976. The van der Waals surface area contributed by atoms with Gasteiger partial charge in [0.05, 0.1) is 0 Å². The Balaban J connectivity index is 1.25. The average Bonchev–Trinajstić information content (AvgIpc) is 3.44. The summed E-state index contributed by atoms with van der Waals surface area (Å²) in [6.07, 6.45) is 6.46. The average molecular weight is 449 g/mol. The van der Waals surface area contributed by atoms with Gasteiger partial charge in [-0.3, -0.25) is 4.79 Å². The van der Waals surface area contributed by atoms with E-state index in [1.165, 1.54) is 10.9 Å². The normalized spacial score (nSPS) is 18.8. The van der Waals surface area contributed by atoms with Crippen molar-refractivity contribution in [2.45, 2.75) is 44.2 Å². The molecule has 2 aliphatic rings. The fourth-order valence-corrected chi connectivity index (χ4v) is 5.64. The smallest absolute Gasteiger partial charge is 0.298 e. The van der Waals surface area contributed by atoms with Crippen molar-refractivity contribution in [3.05, 3.63) is 59.2 Å². The number of piperidine rings is 2. The predicted molar refractivity (Wildman–Crippen MR) is 126 cm³/mol. The van der Waals surface area contributed by atoms with Gasteiger partial charge in [-0.1, -0.05) is 23.7 Å². The fourth-order valence-electron chi connectivity index (χ4n) is 5.48. The van der Waals surface area contributed by atoms with Gasteiger partial charge in [0.25, 0.3) is 6.01 Å². The van der Waals surface area contributed by atoms with Crippen LogP contribution in [0, 0.1) is 0 Å². The van der Waals surface area contributed by atoms with E-state index in [4.69, 9.17) is 16.0 Å². The minimum Gasteiger partial charge on any atom is -0.423 e. The Bertz CT molecular complexity index is 1300. The number of nitrogens with zero attached hydrogens (tertiary/aromatic N) is 3. The number of H-pyrrole nitrogens is 1. The summed E-state index contributed by atoms with van der Waals surface area (Å²) in [4.78, 5) is 25.4. The Morgan fingerprint density at radius 3 is 2.88 bits per heavy atom. The number of aromatic nitrogens is 2. The third kappa shape index (κ3) is 3.25. The number of amides is 1. The third-order valence-electron chi connectivity index (χ3n) is 7.22. The lowest BCUT2D eigenvalue weighted by Crippen LogP contribution is -2.59. The molecule has 164 valence electrons. The molecular weight excluding hydrogens is 424 g/mol. The summed E-state index contributed by atoms with van der Waals surface area (Å²) in [5, 5.41) is 1.85. The molecular formula is C25H25ClN4O2. The van der Waals surface area contributed by atoms with Crippen LogP contribution in [0.4, 0.5) is 6.01 Å². The standard InChI is InChI=1S/C25H25ClN4O2/c26-18-6-7-22-21(15-18)28-24(32-22)29-13-10-25(11-14-29)9-2-5-23(31)30(25)16-17-3-1-4-20-19(17)8-12-27-20/h1,3-4,6-8,12,15,27H,2,5,9-11,13-14,16H2. The van der Waals surface area contributed by atoms with E-state index in [9.17, 15) is 4.79 Å². The van der Waals surface area contributed by atoms with Crippen molar-refractivity contribution >= 4 is 45.5 Å². The van der Waals surface area contributed by atoms with E-state index >= 15 is 0 Å². The molecule has 4 aromatic rings. The molecule has 6 nitrogen and oxygen atoms in total. The lowest BCUT2D eigenvalue weighted by Gasteiger charge is -2.51. The van der Waals surface area contributed by atoms with Gasteiger partial charge in [-0.25, -0.2) is 0 Å². The highest BCUT2D eigenvalue weighted by Gasteiger charge is 2.45. The summed E-state index contributed by atoms with van der Waals surface area (Å²) in [6.45, 7) is 2.30. The van der Waals surface area contributed by atoms with Crippen molar-refractivity contribution in [1.82, 2.24) is 14.9 Å². The topological polar surface area (TPSA) is 65.4 Å². The van der Waals surface area contributed by atoms with Gasteiger partial charge in [0, 0.05) is 53.7 Å². The van der Waals surface area contributed by atoms with Crippen LogP contribution >= 0.6 is 11.6 Å². The number of oxazole rings is 1. The Kier molecular flexibility index (Phi) is 4.65. The maximum absolute atomic E-state index is 13.1. The van der Waals surface area contributed by atoms with E-state index in [2.05, 4.69) is 44.0 Å². The van der Waals surface area contributed by atoms with Crippen LogP contribution in [0.15, 0.2) is 53.1 Å². The molecule has 0 radical (unpaired) electrons. The highest BCUT2D eigenvalue weighted by molar-refractivity contribution is 6.31. The number of hydrogen-bond acceptors (Lipinski definition) is 4. The molecule has 0 aliphatic carbocycles. The van der Waals surface area contributed by atoms with Crippen LogP contribution in [0.1, 0.15) is 37.7 Å². The number of hydrogen-bond donors (Lipinski definition) is 1. The molecule has 7 heteroatoms. The van der Waals surface area contributed by atoms with Crippen LogP contribution in [0.2, 0.25) is 5.02 Å². The predicted octanol–water partition coefficient (Wildman–Crippen LogP) is 5.51. The van der Waals surface area contributed by atoms with E-state index in [0.717, 1.165) is 55.4 Å². The Labute approximate surface area is 191 Å². The van der Waals surface area contributed by atoms with Gasteiger partial charge in [0.2, 0.25) is 5.91 Å². The number of aromatic amines is 1. The van der Waals surface area contributed by atoms with Gasteiger partial charge in [-0.05, 0) is 61.6 Å². The van der Waals surface area contributed by atoms with Crippen molar-refractivity contribution in [3.8, 4) is 0 Å². The molecule has 0 bridgehead atoms. The van der Waals surface area contributed by atoms with Crippen molar-refractivity contribution in [2.75, 3.05) is 18.0 Å². The van der Waals surface area contributed by atoms with Gasteiger partial charge >= 0.3 is 0 Å². The van der Waals surface area contributed by atoms with E-state index in [0.29, 0.717) is 24.0 Å². The quantitative estimate of drug-likeness (QED) is 0.448. The maximum Gasteiger partial charge on any atom is 0.298 e. The van der Waals surface area contributed by atoms with Gasteiger partial charge in [0.1, 0.15) is 5.52 Å². The molecule has 6 rings (SSSR count). The summed E-state index contributed by atoms with van der Waals surface area (Å²) in [5.41, 5.74) is 3.75. The molecule has 2 aliphatic heterocycles. The molecule has 2 aromatic carbocycles. The van der Waals surface area contributed by atoms with Crippen LogP contribution < -0.4 is 4.90 Å². The number of likely N-dealkylation sites (tertiary alicyclic amines) is 1. The molecule has 0 unspecified atom stereocenters. The first-order valence-corrected chi connectivity index (χ1v) is 11.7. The summed E-state index contributed by atoms with van der Waals surface area (Å²) in [5.74, 6) is 0.272. The zero-order valence-corrected chi connectivity index (χ0v) is 18.6. The van der Waals surface area contributed by atoms with Crippen LogP contribution in [-0.4, -0.2) is 39.4 Å². The molecule has 0 saturated carbocycles. The lowest BCUT2D eigenvalue weighted by atomic mass is 9.78. The van der Waals surface area contributed by atoms with Crippen molar-refractivity contribution < 1.29 is 9.21 Å². The zero-order chi connectivity index (χ0) is 21.7. The molecule has 32 heavy (non-hydrogen) atoms. The van der Waals surface area contributed by atoms with E-state index < -0.39 is 0 Å². The van der Waals surface area contributed by atoms with Crippen molar-refractivity contribution in [3.63, 3.8) is 0 Å². The molecule has 0 atom stereocenters. The molecule has 1 spiro atoms. The molecule has 4 heterocycles. The van der Waals surface area contributed by atoms with Crippen molar-refractivity contribution in [1.29, 1.82) is 0 Å². The number of carbonyl (C=O) groups is 1. The third-order valence-corrected chi connectivity index (χ3v) is 7.46. The Hall–Kier alpha value is -2.99. The molecule has 1 N–H and O–H groups in total. The first kappa shape index (κ1) is 19.7. The number of nitrogens with one attached hydrogen (secondary N) is 1. The molecule has 2 aromatic heterocycles. The minimum atomic E-state index is -0.0976. The SMILES string of the molecule is O=C1CCCC2(CCN(c3nc4cc(Cl)ccc4o3)CC2)N1Cc1cccc2[nH]ccc12. The summed E-state index contributed by atoms with van der Waals surface area (Å²) in [7, 11) is 0. The van der Waals surface area contributed by atoms with Crippen LogP contribution in [-0.2, 0) is 11.3 Å². The second kappa shape index (κ2) is 7.55. The number of rotatable bonds is 3. The summed E-state index contributed by atoms with van der Waals surface area (Å²) in [6, 6.07) is 14.6. The highest BCUT2D eigenvalue weighted by Crippen LogP contribution is 2.40. The molecule has 2 fully saturated rings. The lowest BCUT2D eigenvalue weighted by molar-refractivity contribution is -0.144. The second-order valence-electron chi connectivity index (χ2n) is 9.01. The zero-order valence-electron chi connectivity index (χ0n) is 17.8. The summed E-state index contributed by atoms with van der Waals surface area (Å²) >= 11 is 6.10. The largest absolute Gasteiger partial charge is 0.423 e. The van der Waals surface area contributed by atoms with Gasteiger partial charge in [0.15, 0.2) is 5.58 Å². The van der Waals surface area contributed by atoms with Crippen LogP contribution in [0.5, 0.6) is 0 Å². The van der Waals surface area contributed by atoms with Crippen LogP contribution in [0.3, 0.4) is 0 Å². The monoisotopic (exact) mass is 448 g/mol. The van der Waals surface area contributed by atoms with E-state index in [-0.39, 0.29) is 11.4 Å². The van der Waals surface area contributed by atoms with Gasteiger partial charge in [-0.2, -0.15) is 4.98 Å². The van der Waals surface area contributed by atoms with Crippen LogP contribution in [0.25, 0.3) is 22.0 Å². The number of halogens is 1.